The van der Waals surface area contributed by atoms with Crippen LogP contribution in [0, 0.1) is 10.1 Å². The fourth-order valence-electron chi connectivity index (χ4n) is 3.27. The Morgan fingerprint density at radius 1 is 1.00 bits per heavy atom. The van der Waals surface area contributed by atoms with E-state index in [4.69, 9.17) is 14.0 Å². The molecule has 8 nitrogen and oxygen atoms in total. The lowest BCUT2D eigenvalue weighted by molar-refractivity contribution is -0.384. The molecule has 0 spiro atoms. The summed E-state index contributed by atoms with van der Waals surface area (Å²) in [6, 6.07) is 14.2. The Labute approximate surface area is 168 Å². The van der Waals surface area contributed by atoms with Crippen LogP contribution < -0.4 is 0 Å². The van der Waals surface area contributed by atoms with Gasteiger partial charge in [0.15, 0.2) is 0 Å². The van der Waals surface area contributed by atoms with E-state index >= 15 is 0 Å². The minimum absolute atomic E-state index is 0.125. The summed E-state index contributed by atoms with van der Waals surface area (Å²) in [5, 5.41) is 20.7. The fraction of sp³-hybridized carbons (Fsp3) is 0.350. The number of ether oxygens (including phenoxy) is 1. The minimum atomic E-state index is -1.69. The highest BCUT2D eigenvalue weighted by molar-refractivity contribution is 6.50. The standard InChI is InChI=1S/C20H22BNO7/c1-18(2)19(3,4)29-21(28-18)20(27-17(23)24,14-8-6-5-7-9-14)15-10-12-16(13-11-15)22(25)26/h5-13H,1-4H3,(H,23,24). The average Bonchev–Trinajstić information content (AvgIpc) is 2.88. The van der Waals surface area contributed by atoms with Crippen LogP contribution in [-0.4, -0.2) is 34.5 Å². The Morgan fingerprint density at radius 2 is 1.48 bits per heavy atom. The Kier molecular flexibility index (Phi) is 5.14. The van der Waals surface area contributed by atoms with Gasteiger partial charge >= 0.3 is 13.3 Å². The smallest absolute Gasteiger partial charge is 0.450 e. The van der Waals surface area contributed by atoms with Gasteiger partial charge in [-0.05, 0) is 51.0 Å². The molecule has 1 atom stereocenters. The summed E-state index contributed by atoms with van der Waals surface area (Å²) in [6.07, 6.45) is -1.53. The molecule has 1 saturated heterocycles. The van der Waals surface area contributed by atoms with E-state index in [0.717, 1.165) is 0 Å². The van der Waals surface area contributed by atoms with Crippen LogP contribution in [0.2, 0.25) is 0 Å². The summed E-state index contributed by atoms with van der Waals surface area (Å²) in [4.78, 5) is 22.3. The molecule has 1 N–H and O–H groups in total. The largest absolute Gasteiger partial charge is 0.515 e. The molecule has 1 unspecified atom stereocenters. The third-order valence-electron chi connectivity index (χ3n) is 5.54. The highest BCUT2D eigenvalue weighted by Gasteiger charge is 2.63. The van der Waals surface area contributed by atoms with Crippen LogP contribution in [0.5, 0.6) is 0 Å². The van der Waals surface area contributed by atoms with Gasteiger partial charge in [0.1, 0.15) is 0 Å². The fourth-order valence-corrected chi connectivity index (χ4v) is 3.27. The highest BCUT2D eigenvalue weighted by atomic mass is 16.7. The molecule has 9 heteroatoms. The van der Waals surface area contributed by atoms with Gasteiger partial charge in [-0.3, -0.25) is 10.1 Å². The summed E-state index contributed by atoms with van der Waals surface area (Å²) in [7, 11) is -1.12. The molecular formula is C20H22BNO7. The molecule has 0 aromatic heterocycles. The zero-order valence-electron chi connectivity index (χ0n) is 16.6. The molecular weight excluding hydrogens is 377 g/mol. The van der Waals surface area contributed by atoms with E-state index in [2.05, 4.69) is 0 Å². The summed E-state index contributed by atoms with van der Waals surface area (Å²) in [6.45, 7) is 7.39. The number of non-ortho nitro benzene ring substituents is 1. The molecule has 1 aliphatic heterocycles. The Bertz CT molecular complexity index is 898. The van der Waals surface area contributed by atoms with Crippen LogP contribution in [0.15, 0.2) is 54.6 Å². The number of nitro groups is 1. The van der Waals surface area contributed by atoms with Crippen LogP contribution in [0.25, 0.3) is 0 Å². The molecule has 1 fully saturated rings. The second kappa shape index (κ2) is 7.16. The van der Waals surface area contributed by atoms with Crippen molar-refractivity contribution in [2.24, 2.45) is 0 Å². The number of benzene rings is 2. The van der Waals surface area contributed by atoms with Crippen LogP contribution in [0.3, 0.4) is 0 Å². The molecule has 3 rings (SSSR count). The van der Waals surface area contributed by atoms with Crippen LogP contribution in [-0.2, 0) is 19.5 Å². The molecule has 1 aliphatic rings. The van der Waals surface area contributed by atoms with Gasteiger partial charge in [-0.25, -0.2) is 4.79 Å². The number of nitro benzene ring substituents is 1. The van der Waals surface area contributed by atoms with Crippen molar-refractivity contribution in [2.45, 2.75) is 44.4 Å². The first-order chi connectivity index (χ1) is 13.5. The number of carbonyl (C=O) groups is 1. The molecule has 2 aromatic carbocycles. The molecule has 0 saturated carbocycles. The number of carboxylic acid groups (broad SMARTS) is 1. The zero-order valence-corrected chi connectivity index (χ0v) is 16.6. The number of hydrogen-bond donors (Lipinski definition) is 1. The van der Waals surface area contributed by atoms with Crippen LogP contribution >= 0.6 is 0 Å². The molecule has 2 aromatic rings. The van der Waals surface area contributed by atoms with Crippen molar-refractivity contribution >= 4 is 19.0 Å². The number of rotatable bonds is 5. The van der Waals surface area contributed by atoms with E-state index in [1.54, 1.807) is 30.3 Å². The van der Waals surface area contributed by atoms with Gasteiger partial charge in [-0.2, -0.15) is 0 Å². The predicted octanol–water partition coefficient (Wildman–Crippen LogP) is 4.16. The third-order valence-corrected chi connectivity index (χ3v) is 5.54. The predicted molar refractivity (Wildman–Crippen MR) is 106 cm³/mol. The first-order valence-electron chi connectivity index (χ1n) is 9.08. The van der Waals surface area contributed by atoms with Crippen molar-refractivity contribution in [3.05, 3.63) is 75.8 Å². The Balaban J connectivity index is 2.24. The molecule has 29 heavy (non-hydrogen) atoms. The van der Waals surface area contributed by atoms with Crippen molar-refractivity contribution in [1.29, 1.82) is 0 Å². The second-order valence-corrected chi connectivity index (χ2v) is 7.86. The lowest BCUT2D eigenvalue weighted by atomic mass is 9.59. The van der Waals surface area contributed by atoms with E-state index in [0.29, 0.717) is 11.1 Å². The SMILES string of the molecule is CC1(C)OB(C(OC(=O)O)(c2ccccc2)c2ccc([N+](=O)[O-])cc2)OC1(C)C. The molecule has 1 heterocycles. The molecule has 0 aliphatic carbocycles. The Morgan fingerprint density at radius 3 is 1.93 bits per heavy atom. The van der Waals surface area contributed by atoms with Crippen molar-refractivity contribution in [1.82, 2.24) is 0 Å². The first-order valence-corrected chi connectivity index (χ1v) is 9.08. The van der Waals surface area contributed by atoms with Gasteiger partial charge in [0.05, 0.1) is 16.1 Å². The molecule has 0 bridgehead atoms. The van der Waals surface area contributed by atoms with Gasteiger partial charge in [0.2, 0.25) is 5.50 Å². The summed E-state index contributed by atoms with van der Waals surface area (Å²) < 4.78 is 17.8. The van der Waals surface area contributed by atoms with Gasteiger partial charge in [0, 0.05) is 12.1 Å². The van der Waals surface area contributed by atoms with Crippen molar-refractivity contribution in [3.63, 3.8) is 0 Å². The third kappa shape index (κ3) is 3.59. The van der Waals surface area contributed by atoms with Crippen molar-refractivity contribution in [2.75, 3.05) is 0 Å². The van der Waals surface area contributed by atoms with E-state index in [1.165, 1.54) is 24.3 Å². The normalized spacial score (nSPS) is 19.4. The van der Waals surface area contributed by atoms with E-state index in [1.807, 2.05) is 27.7 Å². The Hall–Kier alpha value is -2.91. The maximum atomic E-state index is 11.8. The summed E-state index contributed by atoms with van der Waals surface area (Å²) >= 11 is 0. The van der Waals surface area contributed by atoms with E-state index < -0.39 is 34.9 Å². The molecule has 152 valence electrons. The zero-order chi connectivity index (χ0) is 21.4. The van der Waals surface area contributed by atoms with Crippen molar-refractivity contribution in [3.8, 4) is 0 Å². The van der Waals surface area contributed by atoms with Gasteiger partial charge in [0.25, 0.3) is 5.69 Å². The van der Waals surface area contributed by atoms with Crippen LogP contribution in [0.1, 0.15) is 38.8 Å². The monoisotopic (exact) mass is 399 g/mol. The lowest BCUT2D eigenvalue weighted by Gasteiger charge is -2.34. The summed E-state index contributed by atoms with van der Waals surface area (Å²) in [5.41, 5.74) is -2.47. The summed E-state index contributed by atoms with van der Waals surface area (Å²) in [5.74, 6) is 0. The van der Waals surface area contributed by atoms with E-state index in [-0.39, 0.29) is 5.69 Å². The maximum Gasteiger partial charge on any atom is 0.515 e. The second-order valence-electron chi connectivity index (χ2n) is 7.86. The highest BCUT2D eigenvalue weighted by Crippen LogP contribution is 2.47. The lowest BCUT2D eigenvalue weighted by Crippen LogP contribution is -2.50. The van der Waals surface area contributed by atoms with Crippen molar-refractivity contribution < 1.29 is 28.9 Å². The molecule has 0 radical (unpaired) electrons. The van der Waals surface area contributed by atoms with Gasteiger partial charge in [-0.1, -0.05) is 30.3 Å². The number of nitrogens with zero attached hydrogens (tertiary/aromatic N) is 1. The topological polar surface area (TPSA) is 108 Å². The molecule has 0 amide bonds. The first kappa shape index (κ1) is 20.8. The number of hydrogen-bond acceptors (Lipinski definition) is 6. The van der Waals surface area contributed by atoms with Crippen LogP contribution in [0.4, 0.5) is 10.5 Å². The minimum Gasteiger partial charge on any atom is -0.450 e. The van der Waals surface area contributed by atoms with Gasteiger partial charge < -0.3 is 19.2 Å². The average molecular weight is 399 g/mol. The maximum absolute atomic E-state index is 11.8. The quantitative estimate of drug-likeness (QED) is 0.348. The van der Waals surface area contributed by atoms with Gasteiger partial charge in [-0.15, -0.1) is 0 Å². The van der Waals surface area contributed by atoms with E-state index in [9.17, 15) is 20.0 Å².